The van der Waals surface area contributed by atoms with Crippen molar-refractivity contribution in [2.75, 3.05) is 5.32 Å². The van der Waals surface area contributed by atoms with Crippen LogP contribution in [0.25, 0.3) is 27.4 Å². The third-order valence-electron chi connectivity index (χ3n) is 5.25. The van der Waals surface area contributed by atoms with Crippen LogP contribution in [-0.2, 0) is 6.18 Å². The van der Waals surface area contributed by atoms with Gasteiger partial charge in [-0.25, -0.2) is 4.68 Å². The number of carbonyl (C=O) groups is 1. The maximum atomic E-state index is 14.1. The van der Waals surface area contributed by atoms with E-state index < -0.39 is 28.9 Å². The molecular formula is C23H13ClF3N5O2. The molecule has 5 aromatic rings. The van der Waals surface area contributed by atoms with Gasteiger partial charge in [-0.2, -0.15) is 18.3 Å². The van der Waals surface area contributed by atoms with Crippen molar-refractivity contribution in [3.63, 3.8) is 0 Å². The van der Waals surface area contributed by atoms with Crippen molar-refractivity contribution in [1.29, 1.82) is 0 Å². The summed E-state index contributed by atoms with van der Waals surface area (Å²) in [5.74, 6) is -1.00. The Morgan fingerprint density at radius 3 is 2.68 bits per heavy atom. The molecule has 1 amide bonds. The zero-order valence-corrected chi connectivity index (χ0v) is 17.8. The first-order chi connectivity index (χ1) is 16.2. The summed E-state index contributed by atoms with van der Waals surface area (Å²) in [6.07, 6.45) is -1.21. The first kappa shape index (κ1) is 21.7. The predicted octanol–water partition coefficient (Wildman–Crippen LogP) is 5.19. The molecule has 0 unspecified atom stereocenters. The van der Waals surface area contributed by atoms with Gasteiger partial charge in [0.15, 0.2) is 5.69 Å². The molecule has 170 valence electrons. The van der Waals surface area contributed by atoms with Crippen LogP contribution in [0.15, 0.2) is 71.9 Å². The summed E-state index contributed by atoms with van der Waals surface area (Å²) in [5.41, 5.74) is -1.57. The van der Waals surface area contributed by atoms with Crippen LogP contribution < -0.4 is 10.9 Å². The molecule has 7 nitrogen and oxygen atoms in total. The first-order valence-electron chi connectivity index (χ1n) is 9.85. The number of nitrogens with one attached hydrogen (secondary N) is 2. The highest BCUT2D eigenvalue weighted by Crippen LogP contribution is 2.35. The molecule has 0 atom stereocenters. The minimum atomic E-state index is -4.91. The molecule has 0 aliphatic rings. The number of benzene rings is 2. The van der Waals surface area contributed by atoms with Crippen molar-refractivity contribution in [1.82, 2.24) is 19.7 Å². The number of nitrogens with zero attached hydrogens (tertiary/aromatic N) is 3. The standard InChI is InChI=1S/C23H13ClF3N5O2/c24-17-7-9-28-18-5-4-12(10-15(17)18)31-22(34)16-11-30-32(20(16)23(25,26)27)19-3-1-2-14-13(19)6-8-29-21(14)33/h1-11H,(H,29,33)(H,31,34). The topological polar surface area (TPSA) is 92.7 Å². The lowest BCUT2D eigenvalue weighted by molar-refractivity contribution is -0.143. The Bertz CT molecular complexity index is 1640. The largest absolute Gasteiger partial charge is 0.434 e. The molecule has 2 aromatic carbocycles. The van der Waals surface area contributed by atoms with E-state index in [4.69, 9.17) is 11.6 Å². The molecule has 0 saturated heterocycles. The number of fused-ring (bicyclic) bond motifs is 2. The molecular weight excluding hydrogens is 471 g/mol. The smallest absolute Gasteiger partial charge is 0.329 e. The second-order valence-electron chi connectivity index (χ2n) is 7.34. The van der Waals surface area contributed by atoms with E-state index in [2.05, 4.69) is 20.4 Å². The van der Waals surface area contributed by atoms with E-state index in [0.29, 0.717) is 20.6 Å². The zero-order valence-electron chi connectivity index (χ0n) is 17.0. The van der Waals surface area contributed by atoms with Crippen molar-refractivity contribution < 1.29 is 18.0 Å². The maximum Gasteiger partial charge on any atom is 0.434 e. The van der Waals surface area contributed by atoms with Crippen LogP contribution in [0.5, 0.6) is 0 Å². The fourth-order valence-electron chi connectivity index (χ4n) is 3.75. The third kappa shape index (κ3) is 3.67. The highest BCUT2D eigenvalue weighted by molar-refractivity contribution is 6.35. The summed E-state index contributed by atoms with van der Waals surface area (Å²) in [6, 6.07) is 12.0. The fraction of sp³-hybridized carbons (Fsp3) is 0.0435. The van der Waals surface area contributed by atoms with Crippen LogP contribution in [-0.4, -0.2) is 25.7 Å². The number of alkyl halides is 3. The molecule has 0 aliphatic heterocycles. The van der Waals surface area contributed by atoms with Gasteiger partial charge in [0.1, 0.15) is 0 Å². The number of halogens is 4. The Morgan fingerprint density at radius 2 is 1.88 bits per heavy atom. The van der Waals surface area contributed by atoms with Crippen LogP contribution in [0.1, 0.15) is 16.1 Å². The van der Waals surface area contributed by atoms with Gasteiger partial charge < -0.3 is 10.3 Å². The lowest BCUT2D eigenvalue weighted by atomic mass is 10.1. The summed E-state index contributed by atoms with van der Waals surface area (Å²) >= 11 is 6.16. The van der Waals surface area contributed by atoms with E-state index in [9.17, 15) is 22.8 Å². The van der Waals surface area contributed by atoms with Gasteiger partial charge in [-0.15, -0.1) is 0 Å². The van der Waals surface area contributed by atoms with Crippen LogP contribution in [0.4, 0.5) is 18.9 Å². The number of amides is 1. The summed E-state index contributed by atoms with van der Waals surface area (Å²) in [5, 5.41) is 7.69. The van der Waals surface area contributed by atoms with Crippen LogP contribution in [0.3, 0.4) is 0 Å². The van der Waals surface area contributed by atoms with E-state index in [1.165, 1.54) is 48.8 Å². The highest BCUT2D eigenvalue weighted by Gasteiger charge is 2.41. The quantitative estimate of drug-likeness (QED) is 0.369. The number of aromatic amines is 1. The second-order valence-corrected chi connectivity index (χ2v) is 7.75. The van der Waals surface area contributed by atoms with Gasteiger partial charge in [0.2, 0.25) is 0 Å². The minimum Gasteiger partial charge on any atom is -0.329 e. The van der Waals surface area contributed by atoms with Gasteiger partial charge in [0, 0.05) is 34.2 Å². The molecule has 34 heavy (non-hydrogen) atoms. The first-order valence-corrected chi connectivity index (χ1v) is 10.2. The third-order valence-corrected chi connectivity index (χ3v) is 5.58. The number of pyridine rings is 2. The molecule has 2 N–H and O–H groups in total. The van der Waals surface area contributed by atoms with E-state index in [1.807, 2.05) is 0 Å². The number of carbonyl (C=O) groups excluding carboxylic acids is 1. The van der Waals surface area contributed by atoms with E-state index in [-0.39, 0.29) is 22.1 Å². The summed E-state index contributed by atoms with van der Waals surface area (Å²) in [7, 11) is 0. The van der Waals surface area contributed by atoms with Gasteiger partial charge >= 0.3 is 6.18 Å². The van der Waals surface area contributed by atoms with Gasteiger partial charge in [-0.3, -0.25) is 14.6 Å². The van der Waals surface area contributed by atoms with Gasteiger partial charge in [-0.05, 0) is 42.5 Å². The van der Waals surface area contributed by atoms with Crippen molar-refractivity contribution in [2.45, 2.75) is 6.18 Å². The van der Waals surface area contributed by atoms with Gasteiger partial charge in [-0.1, -0.05) is 17.7 Å². The van der Waals surface area contributed by atoms with Crippen molar-refractivity contribution in [3.05, 3.63) is 93.8 Å². The summed E-state index contributed by atoms with van der Waals surface area (Å²) in [6.45, 7) is 0. The average Bonchev–Trinajstić information content (AvgIpc) is 3.26. The maximum absolute atomic E-state index is 14.1. The molecule has 0 radical (unpaired) electrons. The number of hydrogen-bond donors (Lipinski definition) is 2. The van der Waals surface area contributed by atoms with Crippen molar-refractivity contribution >= 4 is 44.9 Å². The normalized spacial score (nSPS) is 11.8. The summed E-state index contributed by atoms with van der Waals surface area (Å²) in [4.78, 5) is 31.6. The molecule has 3 heterocycles. The molecule has 11 heteroatoms. The fourth-order valence-corrected chi connectivity index (χ4v) is 3.96. The van der Waals surface area contributed by atoms with Crippen LogP contribution in [0.2, 0.25) is 5.02 Å². The number of hydrogen-bond acceptors (Lipinski definition) is 4. The molecule has 5 rings (SSSR count). The Hall–Kier alpha value is -4.18. The Morgan fingerprint density at radius 1 is 1.06 bits per heavy atom. The monoisotopic (exact) mass is 483 g/mol. The van der Waals surface area contributed by atoms with Crippen LogP contribution >= 0.6 is 11.6 Å². The minimum absolute atomic E-state index is 0.0125. The second kappa shape index (κ2) is 7.99. The lowest BCUT2D eigenvalue weighted by Gasteiger charge is -2.14. The van der Waals surface area contributed by atoms with Crippen LogP contribution in [0, 0.1) is 0 Å². The Labute approximate surface area is 193 Å². The molecule has 0 bridgehead atoms. The predicted molar refractivity (Wildman–Crippen MR) is 121 cm³/mol. The molecule has 0 saturated carbocycles. The van der Waals surface area contributed by atoms with Gasteiger partial charge in [0.25, 0.3) is 11.5 Å². The van der Waals surface area contributed by atoms with E-state index in [1.54, 1.807) is 12.1 Å². The number of H-pyrrole nitrogens is 1. The molecule has 0 aliphatic carbocycles. The Kier molecular flexibility index (Phi) is 5.09. The van der Waals surface area contributed by atoms with Gasteiger partial charge in [0.05, 0.1) is 28.0 Å². The van der Waals surface area contributed by atoms with Crippen molar-refractivity contribution in [3.8, 4) is 5.69 Å². The Balaban J connectivity index is 1.60. The number of anilines is 1. The number of aromatic nitrogens is 4. The van der Waals surface area contributed by atoms with Crippen molar-refractivity contribution in [2.24, 2.45) is 0 Å². The van der Waals surface area contributed by atoms with E-state index >= 15 is 0 Å². The average molecular weight is 484 g/mol. The molecule has 3 aromatic heterocycles. The number of rotatable bonds is 3. The SMILES string of the molecule is O=C(Nc1ccc2nccc(Cl)c2c1)c1cnn(-c2cccc3c(=O)[nH]ccc23)c1C(F)(F)F. The highest BCUT2D eigenvalue weighted by atomic mass is 35.5. The molecule has 0 spiro atoms. The zero-order chi connectivity index (χ0) is 24.0. The van der Waals surface area contributed by atoms with E-state index in [0.717, 1.165) is 6.20 Å². The molecule has 0 fully saturated rings. The summed E-state index contributed by atoms with van der Waals surface area (Å²) < 4.78 is 43.0. The lowest BCUT2D eigenvalue weighted by Crippen LogP contribution is -2.21.